The topological polar surface area (TPSA) is 51.5 Å². The second-order valence-corrected chi connectivity index (χ2v) is 4.52. The number of ether oxygens (including phenoxy) is 1. The normalized spacial score (nSPS) is 10.6. The zero-order chi connectivity index (χ0) is 14.5. The van der Waals surface area contributed by atoms with Gasteiger partial charge in [-0.05, 0) is 29.8 Å². The molecule has 4 nitrogen and oxygen atoms in total. The molecule has 0 fully saturated rings. The van der Waals surface area contributed by atoms with E-state index >= 15 is 0 Å². The fraction of sp³-hybridized carbons (Fsp3) is 0.214. The highest BCUT2D eigenvalue weighted by molar-refractivity contribution is 6.30. The summed E-state index contributed by atoms with van der Waals surface area (Å²) < 4.78 is 22.8. The van der Waals surface area contributed by atoms with E-state index in [9.17, 15) is 9.18 Å². The van der Waals surface area contributed by atoms with Crippen LogP contribution >= 0.6 is 11.6 Å². The molecule has 2 aromatic rings. The average Bonchev–Trinajstić information content (AvgIpc) is 2.91. The van der Waals surface area contributed by atoms with Crippen molar-refractivity contribution in [3.8, 4) is 0 Å². The molecule has 0 spiro atoms. The highest BCUT2D eigenvalue weighted by Crippen LogP contribution is 2.16. The van der Waals surface area contributed by atoms with E-state index < -0.39 is 11.8 Å². The maximum Gasteiger partial charge on any atom is 0.373 e. The van der Waals surface area contributed by atoms with Gasteiger partial charge in [-0.25, -0.2) is 9.18 Å². The lowest BCUT2D eigenvalue weighted by atomic mass is 10.2. The van der Waals surface area contributed by atoms with Crippen molar-refractivity contribution in [2.45, 2.75) is 13.1 Å². The number of carbonyl (C=O) groups is 1. The maximum absolute atomic E-state index is 13.0. The van der Waals surface area contributed by atoms with Crippen molar-refractivity contribution in [1.29, 1.82) is 0 Å². The number of benzene rings is 1. The summed E-state index contributed by atoms with van der Waals surface area (Å²) >= 11 is 5.69. The Kier molecular flexibility index (Phi) is 4.76. The molecule has 1 aromatic carbocycles. The zero-order valence-electron chi connectivity index (χ0n) is 10.8. The van der Waals surface area contributed by atoms with E-state index in [0.29, 0.717) is 18.8 Å². The van der Waals surface area contributed by atoms with Crippen LogP contribution in [0.3, 0.4) is 0 Å². The molecule has 0 amide bonds. The first-order chi connectivity index (χ1) is 9.60. The number of halogens is 2. The van der Waals surface area contributed by atoms with Gasteiger partial charge < -0.3 is 14.5 Å². The minimum Gasteiger partial charge on any atom is -0.463 e. The predicted molar refractivity (Wildman–Crippen MR) is 72.0 cm³/mol. The van der Waals surface area contributed by atoms with Crippen LogP contribution in [0.5, 0.6) is 0 Å². The lowest BCUT2D eigenvalue weighted by Crippen LogP contribution is -2.12. The van der Waals surface area contributed by atoms with Gasteiger partial charge in [-0.15, -0.1) is 0 Å². The standard InChI is InChI=1S/C14H13ClFNO3/c1-19-14(18)13-5-3-10(20-13)8-17-7-9-2-4-12(16)11(15)6-9/h2-6,17H,7-8H2,1H3. The Morgan fingerprint density at radius 3 is 2.85 bits per heavy atom. The first-order valence-corrected chi connectivity index (χ1v) is 6.29. The number of furan rings is 1. The van der Waals surface area contributed by atoms with Gasteiger partial charge in [0.2, 0.25) is 5.76 Å². The molecule has 20 heavy (non-hydrogen) atoms. The van der Waals surface area contributed by atoms with Gasteiger partial charge in [0.1, 0.15) is 11.6 Å². The highest BCUT2D eigenvalue weighted by atomic mass is 35.5. The van der Waals surface area contributed by atoms with Crippen molar-refractivity contribution in [1.82, 2.24) is 5.32 Å². The lowest BCUT2D eigenvalue weighted by Gasteiger charge is -2.04. The summed E-state index contributed by atoms with van der Waals surface area (Å²) in [6.45, 7) is 0.945. The first-order valence-electron chi connectivity index (χ1n) is 5.92. The van der Waals surface area contributed by atoms with Crippen molar-refractivity contribution in [2.24, 2.45) is 0 Å². The van der Waals surface area contributed by atoms with Crippen LogP contribution in [0, 0.1) is 5.82 Å². The van der Waals surface area contributed by atoms with Crippen molar-refractivity contribution in [3.63, 3.8) is 0 Å². The number of carbonyl (C=O) groups excluding carboxylic acids is 1. The summed E-state index contributed by atoms with van der Waals surface area (Å²) in [5, 5.41) is 3.20. The zero-order valence-corrected chi connectivity index (χ0v) is 11.5. The van der Waals surface area contributed by atoms with E-state index in [0.717, 1.165) is 5.56 Å². The summed E-state index contributed by atoms with van der Waals surface area (Å²) in [4.78, 5) is 11.2. The first kappa shape index (κ1) is 14.6. The Morgan fingerprint density at radius 1 is 1.35 bits per heavy atom. The van der Waals surface area contributed by atoms with Crippen LogP contribution in [0.2, 0.25) is 5.02 Å². The molecule has 1 N–H and O–H groups in total. The Hall–Kier alpha value is -1.85. The van der Waals surface area contributed by atoms with Gasteiger partial charge in [0.15, 0.2) is 0 Å². The van der Waals surface area contributed by atoms with E-state index in [1.54, 1.807) is 24.3 Å². The van der Waals surface area contributed by atoms with E-state index in [4.69, 9.17) is 16.0 Å². The van der Waals surface area contributed by atoms with Gasteiger partial charge in [0.05, 0.1) is 18.7 Å². The van der Waals surface area contributed by atoms with E-state index in [2.05, 4.69) is 10.1 Å². The van der Waals surface area contributed by atoms with Crippen LogP contribution in [-0.2, 0) is 17.8 Å². The Morgan fingerprint density at radius 2 is 2.15 bits per heavy atom. The second kappa shape index (κ2) is 6.54. The Bertz CT molecular complexity index is 612. The maximum atomic E-state index is 13.0. The molecule has 2 rings (SSSR count). The molecule has 0 saturated heterocycles. The molecule has 0 unspecified atom stereocenters. The number of nitrogens with one attached hydrogen (secondary N) is 1. The lowest BCUT2D eigenvalue weighted by molar-refractivity contribution is 0.0563. The van der Waals surface area contributed by atoms with Crippen LogP contribution in [-0.4, -0.2) is 13.1 Å². The molecule has 0 radical (unpaired) electrons. The van der Waals surface area contributed by atoms with Crippen LogP contribution in [0.1, 0.15) is 21.9 Å². The molecule has 6 heteroatoms. The Balaban J connectivity index is 1.88. The smallest absolute Gasteiger partial charge is 0.373 e. The molecule has 1 heterocycles. The minimum atomic E-state index is -0.512. The van der Waals surface area contributed by atoms with Crippen LogP contribution < -0.4 is 5.32 Å². The molecule has 0 aliphatic heterocycles. The van der Waals surface area contributed by atoms with Gasteiger partial charge in [-0.2, -0.15) is 0 Å². The number of hydrogen-bond acceptors (Lipinski definition) is 4. The molecule has 0 aliphatic rings. The molecule has 0 aliphatic carbocycles. The van der Waals surface area contributed by atoms with Gasteiger partial charge >= 0.3 is 5.97 Å². The third kappa shape index (κ3) is 3.59. The fourth-order valence-electron chi connectivity index (χ4n) is 1.66. The number of methoxy groups -OCH3 is 1. The number of hydrogen-bond donors (Lipinski definition) is 1. The van der Waals surface area contributed by atoms with Gasteiger partial charge in [-0.1, -0.05) is 17.7 Å². The summed E-state index contributed by atoms with van der Waals surface area (Å²) in [7, 11) is 1.29. The van der Waals surface area contributed by atoms with E-state index in [-0.39, 0.29) is 10.8 Å². The third-order valence-electron chi connectivity index (χ3n) is 2.66. The molecule has 1 aromatic heterocycles. The average molecular weight is 298 g/mol. The molecule has 106 valence electrons. The van der Waals surface area contributed by atoms with E-state index in [1.165, 1.54) is 13.2 Å². The monoisotopic (exact) mass is 297 g/mol. The summed E-state index contributed by atoms with van der Waals surface area (Å²) in [6, 6.07) is 7.78. The van der Waals surface area contributed by atoms with Gasteiger partial charge in [0, 0.05) is 6.54 Å². The molecular weight excluding hydrogens is 285 g/mol. The van der Waals surface area contributed by atoms with Crippen LogP contribution in [0.25, 0.3) is 0 Å². The second-order valence-electron chi connectivity index (χ2n) is 4.11. The number of esters is 1. The third-order valence-corrected chi connectivity index (χ3v) is 2.95. The minimum absolute atomic E-state index is 0.0928. The van der Waals surface area contributed by atoms with E-state index in [1.807, 2.05) is 0 Å². The quantitative estimate of drug-likeness (QED) is 0.861. The predicted octanol–water partition coefficient (Wildman–Crippen LogP) is 3.15. The van der Waals surface area contributed by atoms with Crippen LogP contribution in [0.15, 0.2) is 34.7 Å². The fourth-order valence-corrected chi connectivity index (χ4v) is 1.87. The summed E-state index contributed by atoms with van der Waals surface area (Å²) in [5.74, 6) is -0.182. The van der Waals surface area contributed by atoms with Gasteiger partial charge in [0.25, 0.3) is 0 Å². The molecular formula is C14H13ClFNO3. The van der Waals surface area contributed by atoms with Crippen molar-refractivity contribution in [3.05, 3.63) is 58.3 Å². The SMILES string of the molecule is COC(=O)c1ccc(CNCc2ccc(F)c(Cl)c2)o1. The largest absolute Gasteiger partial charge is 0.463 e. The number of rotatable bonds is 5. The van der Waals surface area contributed by atoms with Crippen molar-refractivity contribution >= 4 is 17.6 Å². The van der Waals surface area contributed by atoms with Crippen LogP contribution in [0.4, 0.5) is 4.39 Å². The Labute approximate surface area is 120 Å². The van der Waals surface area contributed by atoms with Crippen molar-refractivity contribution < 1.29 is 18.3 Å². The van der Waals surface area contributed by atoms with Gasteiger partial charge in [-0.3, -0.25) is 0 Å². The molecule has 0 bridgehead atoms. The summed E-state index contributed by atoms with van der Waals surface area (Å²) in [6.07, 6.45) is 0. The molecule has 0 saturated carbocycles. The molecule has 0 atom stereocenters. The highest BCUT2D eigenvalue weighted by Gasteiger charge is 2.10. The summed E-state index contributed by atoms with van der Waals surface area (Å²) in [5.41, 5.74) is 0.858. The van der Waals surface area contributed by atoms with Crippen molar-refractivity contribution in [2.75, 3.05) is 7.11 Å².